The van der Waals surface area contributed by atoms with Crippen molar-refractivity contribution in [3.63, 3.8) is 0 Å². The Bertz CT molecular complexity index is 280. The quantitative estimate of drug-likeness (QED) is 0.697. The first-order valence-electron chi connectivity index (χ1n) is 4.87. The molecular formula is C12H18O3. The molecule has 1 rings (SSSR count). The Morgan fingerprint density at radius 2 is 1.40 bits per heavy atom. The van der Waals surface area contributed by atoms with Gasteiger partial charge >= 0.3 is 0 Å². The van der Waals surface area contributed by atoms with Crippen molar-refractivity contribution in [1.29, 1.82) is 0 Å². The Labute approximate surface area is 91.0 Å². The van der Waals surface area contributed by atoms with E-state index in [0.717, 1.165) is 5.56 Å². The van der Waals surface area contributed by atoms with Crippen molar-refractivity contribution in [2.75, 3.05) is 21.3 Å². The van der Waals surface area contributed by atoms with Crippen LogP contribution in [0, 0.1) is 6.92 Å². The van der Waals surface area contributed by atoms with Crippen LogP contribution in [0.3, 0.4) is 0 Å². The van der Waals surface area contributed by atoms with Gasteiger partial charge in [0.15, 0.2) is 0 Å². The molecule has 0 aliphatic heterocycles. The molecule has 15 heavy (non-hydrogen) atoms. The first-order valence-corrected chi connectivity index (χ1v) is 4.87. The van der Waals surface area contributed by atoms with Gasteiger partial charge in [0.25, 0.3) is 5.97 Å². The van der Waals surface area contributed by atoms with Crippen LogP contribution in [0.1, 0.15) is 11.1 Å². The molecule has 0 saturated heterocycles. The first kappa shape index (κ1) is 12.2. The Hall–Kier alpha value is -0.900. The summed E-state index contributed by atoms with van der Waals surface area (Å²) >= 11 is 0. The van der Waals surface area contributed by atoms with Gasteiger partial charge < -0.3 is 14.2 Å². The Kier molecular flexibility index (Phi) is 4.27. The lowest BCUT2D eigenvalue weighted by Gasteiger charge is -2.28. The van der Waals surface area contributed by atoms with Gasteiger partial charge in [0, 0.05) is 21.3 Å². The fourth-order valence-electron chi connectivity index (χ4n) is 1.42. The fourth-order valence-corrected chi connectivity index (χ4v) is 1.42. The summed E-state index contributed by atoms with van der Waals surface area (Å²) in [5.74, 6) is -0.977. The van der Waals surface area contributed by atoms with Crippen LogP contribution in [0.5, 0.6) is 0 Å². The van der Waals surface area contributed by atoms with E-state index < -0.39 is 5.97 Å². The van der Waals surface area contributed by atoms with E-state index in [4.69, 9.17) is 14.2 Å². The van der Waals surface area contributed by atoms with E-state index in [0.29, 0.717) is 6.42 Å². The Balaban J connectivity index is 2.78. The Morgan fingerprint density at radius 1 is 0.933 bits per heavy atom. The van der Waals surface area contributed by atoms with Crippen LogP contribution in [-0.4, -0.2) is 27.3 Å². The highest BCUT2D eigenvalue weighted by Crippen LogP contribution is 2.19. The maximum Gasteiger partial charge on any atom is 0.286 e. The average Bonchev–Trinajstić information content (AvgIpc) is 2.29. The third-order valence-electron chi connectivity index (χ3n) is 2.47. The normalized spacial score (nSPS) is 11.7. The summed E-state index contributed by atoms with van der Waals surface area (Å²) in [5.41, 5.74) is 2.35. The van der Waals surface area contributed by atoms with E-state index >= 15 is 0 Å². The second-order valence-corrected chi connectivity index (χ2v) is 3.46. The van der Waals surface area contributed by atoms with E-state index in [9.17, 15) is 0 Å². The fraction of sp³-hybridized carbons (Fsp3) is 0.500. The molecule has 1 aromatic carbocycles. The minimum Gasteiger partial charge on any atom is -0.331 e. The van der Waals surface area contributed by atoms with Gasteiger partial charge in [-0.2, -0.15) is 0 Å². The molecule has 0 aliphatic rings. The smallest absolute Gasteiger partial charge is 0.286 e. The van der Waals surface area contributed by atoms with Crippen LogP contribution in [0.2, 0.25) is 0 Å². The maximum atomic E-state index is 5.23. The van der Waals surface area contributed by atoms with Crippen molar-refractivity contribution in [2.24, 2.45) is 0 Å². The molecule has 0 unspecified atom stereocenters. The van der Waals surface area contributed by atoms with Crippen molar-refractivity contribution in [2.45, 2.75) is 19.3 Å². The molecule has 0 spiro atoms. The number of aryl methyl sites for hydroxylation is 1. The van der Waals surface area contributed by atoms with Crippen molar-refractivity contribution >= 4 is 0 Å². The van der Waals surface area contributed by atoms with E-state index in [1.54, 1.807) is 21.3 Å². The van der Waals surface area contributed by atoms with E-state index in [1.165, 1.54) is 5.56 Å². The summed E-state index contributed by atoms with van der Waals surface area (Å²) in [6, 6.07) is 8.20. The van der Waals surface area contributed by atoms with E-state index in [1.807, 2.05) is 12.1 Å². The van der Waals surface area contributed by atoms with Gasteiger partial charge in [0.2, 0.25) is 0 Å². The first-order chi connectivity index (χ1) is 7.15. The molecule has 0 atom stereocenters. The molecule has 3 heteroatoms. The van der Waals surface area contributed by atoms with E-state index in [-0.39, 0.29) is 0 Å². The molecule has 0 radical (unpaired) electrons. The molecule has 0 bridgehead atoms. The number of hydrogen-bond acceptors (Lipinski definition) is 3. The third kappa shape index (κ3) is 3.02. The number of methoxy groups -OCH3 is 3. The molecule has 84 valence electrons. The zero-order valence-corrected chi connectivity index (χ0v) is 9.74. The van der Waals surface area contributed by atoms with Gasteiger partial charge in [-0.1, -0.05) is 29.8 Å². The molecule has 3 nitrogen and oxygen atoms in total. The van der Waals surface area contributed by atoms with Gasteiger partial charge in [-0.25, -0.2) is 0 Å². The zero-order valence-electron chi connectivity index (χ0n) is 9.74. The lowest BCUT2D eigenvalue weighted by Crippen LogP contribution is -2.38. The van der Waals surface area contributed by atoms with E-state index in [2.05, 4.69) is 19.1 Å². The number of rotatable bonds is 5. The van der Waals surface area contributed by atoms with Gasteiger partial charge in [-0.05, 0) is 12.5 Å². The average molecular weight is 210 g/mol. The summed E-state index contributed by atoms with van der Waals surface area (Å²) in [5, 5.41) is 0. The lowest BCUT2D eigenvalue weighted by molar-refractivity contribution is -0.350. The second-order valence-electron chi connectivity index (χ2n) is 3.46. The SMILES string of the molecule is COC(Cc1ccc(C)cc1)(OC)OC. The van der Waals surface area contributed by atoms with Gasteiger partial charge in [0.1, 0.15) is 0 Å². The summed E-state index contributed by atoms with van der Waals surface area (Å²) < 4.78 is 15.7. The van der Waals surface area contributed by atoms with Crippen LogP contribution in [0.25, 0.3) is 0 Å². The highest BCUT2D eigenvalue weighted by Gasteiger charge is 2.29. The molecule has 0 heterocycles. The standard InChI is InChI=1S/C12H18O3/c1-10-5-7-11(8-6-10)9-12(13-2,14-3)15-4/h5-8H,9H2,1-4H3. The highest BCUT2D eigenvalue weighted by molar-refractivity contribution is 5.21. The molecular weight excluding hydrogens is 192 g/mol. The summed E-state index contributed by atoms with van der Waals surface area (Å²) in [6.07, 6.45) is 0.566. The summed E-state index contributed by atoms with van der Waals surface area (Å²) in [6.45, 7) is 2.06. The van der Waals surface area contributed by atoms with Crippen LogP contribution < -0.4 is 0 Å². The van der Waals surface area contributed by atoms with Crippen LogP contribution >= 0.6 is 0 Å². The van der Waals surface area contributed by atoms with Crippen LogP contribution in [0.15, 0.2) is 24.3 Å². The topological polar surface area (TPSA) is 27.7 Å². The molecule has 0 amide bonds. The maximum absolute atomic E-state index is 5.23. The predicted octanol–water partition coefficient (Wildman–Crippen LogP) is 2.13. The zero-order chi connectivity index (χ0) is 11.3. The monoisotopic (exact) mass is 210 g/mol. The van der Waals surface area contributed by atoms with Crippen molar-refractivity contribution < 1.29 is 14.2 Å². The third-order valence-corrected chi connectivity index (χ3v) is 2.47. The van der Waals surface area contributed by atoms with Crippen molar-refractivity contribution in [3.8, 4) is 0 Å². The number of hydrogen-bond donors (Lipinski definition) is 0. The predicted molar refractivity (Wildman–Crippen MR) is 58.6 cm³/mol. The number of benzene rings is 1. The summed E-state index contributed by atoms with van der Waals surface area (Å²) in [7, 11) is 4.71. The largest absolute Gasteiger partial charge is 0.331 e. The minimum absolute atomic E-state index is 0.566. The summed E-state index contributed by atoms with van der Waals surface area (Å²) in [4.78, 5) is 0. The molecule has 0 saturated carbocycles. The molecule has 0 aromatic heterocycles. The molecule has 0 aliphatic carbocycles. The second kappa shape index (κ2) is 5.26. The highest BCUT2D eigenvalue weighted by atomic mass is 16.9. The minimum atomic E-state index is -0.977. The Morgan fingerprint density at radius 3 is 1.80 bits per heavy atom. The van der Waals surface area contributed by atoms with Crippen LogP contribution in [-0.2, 0) is 20.6 Å². The van der Waals surface area contributed by atoms with Crippen LogP contribution in [0.4, 0.5) is 0 Å². The van der Waals surface area contributed by atoms with Gasteiger partial charge in [-0.15, -0.1) is 0 Å². The number of ether oxygens (including phenoxy) is 3. The lowest BCUT2D eigenvalue weighted by atomic mass is 10.1. The van der Waals surface area contributed by atoms with Gasteiger partial charge in [0.05, 0.1) is 6.42 Å². The van der Waals surface area contributed by atoms with Crippen molar-refractivity contribution in [3.05, 3.63) is 35.4 Å². The van der Waals surface area contributed by atoms with Gasteiger partial charge in [-0.3, -0.25) is 0 Å². The molecule has 1 aromatic rings. The van der Waals surface area contributed by atoms with Crippen molar-refractivity contribution in [1.82, 2.24) is 0 Å². The molecule has 0 fully saturated rings. The molecule has 0 N–H and O–H groups in total.